The maximum atomic E-state index is 2.37. The van der Waals surface area contributed by atoms with E-state index in [0.717, 1.165) is 11.8 Å². The van der Waals surface area contributed by atoms with Crippen molar-refractivity contribution < 1.29 is 0 Å². The van der Waals surface area contributed by atoms with Crippen molar-refractivity contribution in [1.82, 2.24) is 0 Å². The number of thioether (sulfide) groups is 1. The topological polar surface area (TPSA) is 0 Å². The summed E-state index contributed by atoms with van der Waals surface area (Å²) in [5, 5.41) is 0. The summed E-state index contributed by atoms with van der Waals surface area (Å²) in [6.45, 7) is 9.43. The summed E-state index contributed by atoms with van der Waals surface area (Å²) in [7, 11) is 0. The van der Waals surface area contributed by atoms with Gasteiger partial charge in [0.2, 0.25) is 0 Å². The summed E-state index contributed by atoms with van der Waals surface area (Å²) in [4.78, 5) is 0. The van der Waals surface area contributed by atoms with Crippen molar-refractivity contribution in [3.8, 4) is 0 Å². The fourth-order valence-corrected chi connectivity index (χ4v) is 2.78. The van der Waals surface area contributed by atoms with Gasteiger partial charge in [-0.25, -0.2) is 0 Å². The number of hydrogen-bond donors (Lipinski definition) is 0. The Labute approximate surface area is 62.4 Å². The highest BCUT2D eigenvalue weighted by Crippen LogP contribution is 2.45. The lowest BCUT2D eigenvalue weighted by atomic mass is 9.87. The molecule has 1 heteroatoms. The van der Waals surface area contributed by atoms with Crippen molar-refractivity contribution in [3.05, 3.63) is 0 Å². The van der Waals surface area contributed by atoms with Gasteiger partial charge in [-0.3, -0.25) is 0 Å². The van der Waals surface area contributed by atoms with Crippen LogP contribution in [-0.4, -0.2) is 10.5 Å². The maximum Gasteiger partial charge on any atom is 0.0132 e. The van der Waals surface area contributed by atoms with Crippen LogP contribution in [-0.2, 0) is 0 Å². The van der Waals surface area contributed by atoms with Crippen LogP contribution < -0.4 is 0 Å². The Balaban J connectivity index is 2.62. The molecule has 0 nitrogen and oxygen atoms in total. The standard InChI is InChI=1S/C8H16S/c1-6-5-9-8(3,4)7(6)2/h6-7H,5H2,1-4H3. The average molecular weight is 144 g/mol. The molecular weight excluding hydrogens is 128 g/mol. The molecule has 0 saturated carbocycles. The Hall–Kier alpha value is 0.350. The minimum atomic E-state index is 0.541. The first kappa shape index (κ1) is 7.46. The van der Waals surface area contributed by atoms with Gasteiger partial charge in [0.15, 0.2) is 0 Å². The van der Waals surface area contributed by atoms with E-state index in [1.807, 2.05) is 0 Å². The molecule has 0 aromatic heterocycles. The summed E-state index contributed by atoms with van der Waals surface area (Å²) < 4.78 is 0.541. The lowest BCUT2D eigenvalue weighted by molar-refractivity contribution is 0.378. The molecular formula is C8H16S. The highest BCUT2D eigenvalue weighted by atomic mass is 32.2. The van der Waals surface area contributed by atoms with E-state index in [4.69, 9.17) is 0 Å². The van der Waals surface area contributed by atoms with E-state index in [0.29, 0.717) is 4.75 Å². The molecule has 1 aliphatic heterocycles. The Morgan fingerprint density at radius 2 is 1.89 bits per heavy atom. The van der Waals surface area contributed by atoms with Crippen LogP contribution in [0.1, 0.15) is 27.7 Å². The summed E-state index contributed by atoms with van der Waals surface area (Å²) in [6.07, 6.45) is 0. The van der Waals surface area contributed by atoms with E-state index in [-0.39, 0.29) is 0 Å². The number of hydrogen-bond acceptors (Lipinski definition) is 1. The smallest absolute Gasteiger partial charge is 0.0132 e. The first-order valence-corrected chi connectivity index (χ1v) is 4.66. The molecule has 2 atom stereocenters. The van der Waals surface area contributed by atoms with Gasteiger partial charge in [0, 0.05) is 4.75 Å². The predicted octanol–water partition coefficient (Wildman–Crippen LogP) is 2.78. The molecule has 2 unspecified atom stereocenters. The van der Waals surface area contributed by atoms with Crippen LogP contribution in [0, 0.1) is 11.8 Å². The van der Waals surface area contributed by atoms with Crippen molar-refractivity contribution in [3.63, 3.8) is 0 Å². The molecule has 0 amide bonds. The molecule has 1 saturated heterocycles. The van der Waals surface area contributed by atoms with Crippen molar-refractivity contribution in [1.29, 1.82) is 0 Å². The van der Waals surface area contributed by atoms with Crippen LogP contribution in [0.3, 0.4) is 0 Å². The van der Waals surface area contributed by atoms with Crippen molar-refractivity contribution in [2.45, 2.75) is 32.4 Å². The van der Waals surface area contributed by atoms with E-state index in [1.54, 1.807) is 0 Å². The van der Waals surface area contributed by atoms with Gasteiger partial charge in [0.25, 0.3) is 0 Å². The fraction of sp³-hybridized carbons (Fsp3) is 1.00. The van der Waals surface area contributed by atoms with E-state index in [2.05, 4.69) is 39.5 Å². The summed E-state index contributed by atoms with van der Waals surface area (Å²) in [5.41, 5.74) is 0. The highest BCUT2D eigenvalue weighted by molar-refractivity contribution is 8.00. The largest absolute Gasteiger partial charge is 0.155 e. The van der Waals surface area contributed by atoms with Crippen LogP contribution in [0.5, 0.6) is 0 Å². The molecule has 0 aromatic rings. The Morgan fingerprint density at radius 1 is 1.33 bits per heavy atom. The van der Waals surface area contributed by atoms with Crippen LogP contribution in [0.25, 0.3) is 0 Å². The SMILES string of the molecule is CC1CSC(C)(C)C1C. The zero-order valence-electron chi connectivity index (χ0n) is 6.77. The van der Waals surface area contributed by atoms with Gasteiger partial charge >= 0.3 is 0 Å². The minimum Gasteiger partial charge on any atom is -0.155 e. The molecule has 1 heterocycles. The second-order valence-corrected chi connectivity index (χ2v) is 5.35. The van der Waals surface area contributed by atoms with Gasteiger partial charge in [-0.1, -0.05) is 27.7 Å². The van der Waals surface area contributed by atoms with E-state index in [9.17, 15) is 0 Å². The van der Waals surface area contributed by atoms with Crippen LogP contribution in [0.4, 0.5) is 0 Å². The average Bonchev–Trinajstić information content (AvgIpc) is 1.97. The predicted molar refractivity (Wildman–Crippen MR) is 44.9 cm³/mol. The van der Waals surface area contributed by atoms with Gasteiger partial charge in [0.1, 0.15) is 0 Å². The maximum absolute atomic E-state index is 2.37. The summed E-state index contributed by atoms with van der Waals surface area (Å²) in [5.74, 6) is 3.17. The molecule has 0 spiro atoms. The quantitative estimate of drug-likeness (QED) is 0.504. The van der Waals surface area contributed by atoms with Crippen LogP contribution >= 0.6 is 11.8 Å². The van der Waals surface area contributed by atoms with E-state index >= 15 is 0 Å². The van der Waals surface area contributed by atoms with Gasteiger partial charge in [-0.05, 0) is 17.6 Å². The second-order valence-electron chi connectivity index (χ2n) is 3.68. The zero-order valence-corrected chi connectivity index (χ0v) is 7.59. The molecule has 9 heavy (non-hydrogen) atoms. The van der Waals surface area contributed by atoms with Gasteiger partial charge in [0.05, 0.1) is 0 Å². The van der Waals surface area contributed by atoms with Gasteiger partial charge < -0.3 is 0 Å². The Bertz CT molecular complexity index is 107. The molecule has 1 aliphatic rings. The zero-order chi connectivity index (χ0) is 7.07. The summed E-state index contributed by atoms with van der Waals surface area (Å²) in [6, 6.07) is 0. The van der Waals surface area contributed by atoms with Gasteiger partial charge in [-0.2, -0.15) is 11.8 Å². The number of rotatable bonds is 0. The van der Waals surface area contributed by atoms with E-state index in [1.165, 1.54) is 5.75 Å². The van der Waals surface area contributed by atoms with Crippen molar-refractivity contribution in [2.75, 3.05) is 5.75 Å². The fourth-order valence-electron chi connectivity index (χ4n) is 1.31. The van der Waals surface area contributed by atoms with Gasteiger partial charge in [-0.15, -0.1) is 0 Å². The molecule has 0 aromatic carbocycles. The van der Waals surface area contributed by atoms with E-state index < -0.39 is 0 Å². The van der Waals surface area contributed by atoms with Crippen molar-refractivity contribution in [2.24, 2.45) is 11.8 Å². The molecule has 54 valence electrons. The normalized spacial score (nSPS) is 41.3. The Kier molecular flexibility index (Phi) is 1.81. The molecule has 0 bridgehead atoms. The highest BCUT2D eigenvalue weighted by Gasteiger charge is 2.36. The van der Waals surface area contributed by atoms with Crippen LogP contribution in [0.2, 0.25) is 0 Å². The Morgan fingerprint density at radius 3 is 2.00 bits per heavy atom. The third-order valence-electron chi connectivity index (χ3n) is 2.67. The lowest BCUT2D eigenvalue weighted by Gasteiger charge is -2.23. The molecule has 0 aliphatic carbocycles. The van der Waals surface area contributed by atoms with Crippen LogP contribution in [0.15, 0.2) is 0 Å². The minimum absolute atomic E-state index is 0.541. The summed E-state index contributed by atoms with van der Waals surface area (Å²) >= 11 is 2.12. The lowest BCUT2D eigenvalue weighted by Crippen LogP contribution is -2.22. The second kappa shape index (κ2) is 2.19. The monoisotopic (exact) mass is 144 g/mol. The first-order chi connectivity index (χ1) is 4.04. The third kappa shape index (κ3) is 1.26. The van der Waals surface area contributed by atoms with Crippen molar-refractivity contribution >= 4 is 11.8 Å². The molecule has 1 fully saturated rings. The molecule has 0 radical (unpaired) electrons. The molecule has 1 rings (SSSR count). The molecule has 0 N–H and O–H groups in total. The third-order valence-corrected chi connectivity index (χ3v) is 4.48. The first-order valence-electron chi connectivity index (χ1n) is 3.68.